The zero-order valence-electron chi connectivity index (χ0n) is 7.08. The molecule has 1 aromatic heterocycles. The van der Waals surface area contributed by atoms with Crippen LogP contribution in [0.5, 0.6) is 0 Å². The molecule has 0 bridgehead atoms. The molecular formula is C7H4Cl2F2N2O2. The molecule has 0 fully saturated rings. The maximum Gasteiger partial charge on any atom is 0.300 e. The van der Waals surface area contributed by atoms with E-state index in [1.807, 2.05) is 0 Å². The first-order valence-electron chi connectivity index (χ1n) is 3.64. The van der Waals surface area contributed by atoms with Gasteiger partial charge in [-0.1, -0.05) is 11.6 Å². The van der Waals surface area contributed by atoms with Crippen molar-refractivity contribution in [1.82, 2.24) is 4.98 Å². The average Bonchev–Trinajstić information content (AvgIpc) is 2.16. The molecular weight excluding hydrogens is 253 g/mol. The van der Waals surface area contributed by atoms with E-state index in [9.17, 15) is 18.9 Å². The molecule has 1 aromatic rings. The van der Waals surface area contributed by atoms with Crippen LogP contribution in [0.4, 0.5) is 14.5 Å². The van der Waals surface area contributed by atoms with Crippen LogP contribution in [0.15, 0.2) is 6.20 Å². The van der Waals surface area contributed by atoms with Gasteiger partial charge in [-0.3, -0.25) is 15.1 Å². The number of pyridine rings is 1. The van der Waals surface area contributed by atoms with Crippen LogP contribution in [0, 0.1) is 10.1 Å². The van der Waals surface area contributed by atoms with Crippen LogP contribution in [0.2, 0.25) is 5.02 Å². The molecule has 0 amide bonds. The van der Waals surface area contributed by atoms with E-state index in [2.05, 4.69) is 4.98 Å². The van der Waals surface area contributed by atoms with Crippen LogP contribution < -0.4 is 0 Å². The highest BCUT2D eigenvalue weighted by molar-refractivity contribution is 6.32. The summed E-state index contributed by atoms with van der Waals surface area (Å²) in [4.78, 5) is 13.1. The number of alkyl halides is 3. The fraction of sp³-hybridized carbons (Fsp3) is 0.286. The van der Waals surface area contributed by atoms with Gasteiger partial charge in [0.05, 0.1) is 22.7 Å². The third-order valence-corrected chi connectivity index (χ3v) is 2.18. The first-order valence-corrected chi connectivity index (χ1v) is 4.56. The SMILES string of the molecule is O=[N+]([O-])c1c(Cl)cnc(CCl)c1C(F)F. The summed E-state index contributed by atoms with van der Waals surface area (Å²) in [5, 5.41) is 10.1. The highest BCUT2D eigenvalue weighted by Gasteiger charge is 2.29. The third-order valence-electron chi connectivity index (χ3n) is 1.65. The zero-order chi connectivity index (χ0) is 11.6. The Morgan fingerprint density at radius 3 is 2.60 bits per heavy atom. The van der Waals surface area contributed by atoms with Crippen molar-refractivity contribution < 1.29 is 13.7 Å². The number of aromatic nitrogens is 1. The number of nitro groups is 1. The zero-order valence-corrected chi connectivity index (χ0v) is 8.60. The molecule has 8 heteroatoms. The molecule has 82 valence electrons. The normalized spacial score (nSPS) is 10.7. The number of hydrogen-bond donors (Lipinski definition) is 0. The summed E-state index contributed by atoms with van der Waals surface area (Å²) in [7, 11) is 0. The fourth-order valence-corrected chi connectivity index (χ4v) is 1.48. The van der Waals surface area contributed by atoms with E-state index < -0.39 is 27.6 Å². The molecule has 0 atom stereocenters. The van der Waals surface area contributed by atoms with Crippen molar-refractivity contribution in [3.63, 3.8) is 0 Å². The van der Waals surface area contributed by atoms with Crippen molar-refractivity contribution in [2.75, 3.05) is 0 Å². The number of rotatable bonds is 3. The van der Waals surface area contributed by atoms with Crippen LogP contribution in [-0.2, 0) is 5.88 Å². The van der Waals surface area contributed by atoms with Crippen LogP contribution in [0.1, 0.15) is 17.7 Å². The summed E-state index contributed by atoms with van der Waals surface area (Å²) in [6.07, 6.45) is -2.10. The molecule has 15 heavy (non-hydrogen) atoms. The number of halogens is 4. The smallest absolute Gasteiger partial charge is 0.258 e. The van der Waals surface area contributed by atoms with E-state index in [4.69, 9.17) is 23.2 Å². The first kappa shape index (κ1) is 12.1. The minimum Gasteiger partial charge on any atom is -0.258 e. The Morgan fingerprint density at radius 1 is 1.60 bits per heavy atom. The van der Waals surface area contributed by atoms with Gasteiger partial charge in [0, 0.05) is 0 Å². The van der Waals surface area contributed by atoms with Crippen LogP contribution in [0.25, 0.3) is 0 Å². The van der Waals surface area contributed by atoms with E-state index in [0.717, 1.165) is 6.20 Å². The van der Waals surface area contributed by atoms with Crippen molar-refractivity contribution in [3.8, 4) is 0 Å². The maximum atomic E-state index is 12.6. The Hall–Kier alpha value is -1.01. The quantitative estimate of drug-likeness (QED) is 0.474. The van der Waals surface area contributed by atoms with Gasteiger partial charge >= 0.3 is 0 Å². The van der Waals surface area contributed by atoms with Gasteiger partial charge in [0.25, 0.3) is 12.1 Å². The van der Waals surface area contributed by atoms with Gasteiger partial charge in [0.15, 0.2) is 0 Å². The van der Waals surface area contributed by atoms with Crippen LogP contribution >= 0.6 is 23.2 Å². The molecule has 0 saturated carbocycles. The highest BCUT2D eigenvalue weighted by atomic mass is 35.5. The van der Waals surface area contributed by atoms with Gasteiger partial charge < -0.3 is 0 Å². The van der Waals surface area contributed by atoms with E-state index >= 15 is 0 Å². The summed E-state index contributed by atoms with van der Waals surface area (Å²) < 4.78 is 25.1. The topological polar surface area (TPSA) is 56.0 Å². The lowest BCUT2D eigenvalue weighted by molar-refractivity contribution is -0.386. The van der Waals surface area contributed by atoms with Crippen molar-refractivity contribution in [1.29, 1.82) is 0 Å². The maximum absolute atomic E-state index is 12.6. The molecule has 0 aliphatic rings. The average molecular weight is 257 g/mol. The minimum absolute atomic E-state index is 0.234. The lowest BCUT2D eigenvalue weighted by Gasteiger charge is -2.06. The number of hydrogen-bond acceptors (Lipinski definition) is 3. The second-order valence-electron chi connectivity index (χ2n) is 2.51. The van der Waals surface area contributed by atoms with Gasteiger partial charge in [0.1, 0.15) is 10.6 Å². The summed E-state index contributed by atoms with van der Waals surface area (Å²) in [6, 6.07) is 0. The summed E-state index contributed by atoms with van der Waals surface area (Å²) >= 11 is 10.8. The minimum atomic E-state index is -3.04. The molecule has 0 aliphatic carbocycles. The largest absolute Gasteiger partial charge is 0.300 e. The fourth-order valence-electron chi connectivity index (χ4n) is 1.05. The van der Waals surface area contributed by atoms with E-state index in [0.29, 0.717) is 0 Å². The summed E-state index contributed by atoms with van der Waals surface area (Å²) in [6.45, 7) is 0. The molecule has 1 rings (SSSR count). The summed E-state index contributed by atoms with van der Waals surface area (Å²) in [5.41, 5.74) is -1.89. The molecule has 0 saturated heterocycles. The molecule has 0 N–H and O–H groups in total. The second-order valence-corrected chi connectivity index (χ2v) is 3.18. The molecule has 0 aliphatic heterocycles. The van der Waals surface area contributed by atoms with Crippen LogP contribution in [-0.4, -0.2) is 9.91 Å². The predicted molar refractivity (Wildman–Crippen MR) is 50.4 cm³/mol. The molecule has 4 nitrogen and oxygen atoms in total. The first-order chi connectivity index (χ1) is 6.99. The van der Waals surface area contributed by atoms with E-state index in [1.165, 1.54) is 0 Å². The Labute approximate surface area is 93.0 Å². The van der Waals surface area contributed by atoms with Crippen molar-refractivity contribution in [2.24, 2.45) is 0 Å². The van der Waals surface area contributed by atoms with Gasteiger partial charge in [0.2, 0.25) is 0 Å². The van der Waals surface area contributed by atoms with Crippen molar-refractivity contribution in [3.05, 3.63) is 32.6 Å². The molecule has 0 spiro atoms. The Kier molecular flexibility index (Phi) is 3.76. The lowest BCUT2D eigenvalue weighted by Crippen LogP contribution is -2.03. The molecule has 1 heterocycles. The second kappa shape index (κ2) is 4.67. The highest BCUT2D eigenvalue weighted by Crippen LogP contribution is 2.36. The molecule has 0 aromatic carbocycles. The van der Waals surface area contributed by atoms with Crippen LogP contribution in [0.3, 0.4) is 0 Å². The van der Waals surface area contributed by atoms with E-state index in [-0.39, 0.29) is 11.6 Å². The Bertz CT molecular complexity index is 401. The summed E-state index contributed by atoms with van der Waals surface area (Å²) in [5.74, 6) is -0.336. The Balaban J connectivity index is 3.51. The van der Waals surface area contributed by atoms with Crippen molar-refractivity contribution in [2.45, 2.75) is 12.3 Å². The van der Waals surface area contributed by atoms with Gasteiger partial charge in [-0.15, -0.1) is 11.6 Å². The van der Waals surface area contributed by atoms with Gasteiger partial charge in [-0.05, 0) is 0 Å². The molecule has 0 radical (unpaired) electrons. The molecule has 0 unspecified atom stereocenters. The number of nitrogens with zero attached hydrogens (tertiary/aromatic N) is 2. The predicted octanol–water partition coefficient (Wildman–Crippen LogP) is 3.32. The Morgan fingerprint density at radius 2 is 2.20 bits per heavy atom. The third kappa shape index (κ3) is 2.32. The lowest BCUT2D eigenvalue weighted by atomic mass is 10.2. The standard InChI is InChI=1S/C7H4Cl2F2N2O2/c8-1-4-5(7(10)11)6(13(14)15)3(9)2-12-4/h2,7H,1H2. The van der Waals surface area contributed by atoms with Crippen molar-refractivity contribution >= 4 is 28.9 Å². The van der Waals surface area contributed by atoms with E-state index in [1.54, 1.807) is 0 Å². The monoisotopic (exact) mass is 256 g/mol. The van der Waals surface area contributed by atoms with Gasteiger partial charge in [-0.2, -0.15) is 0 Å². The van der Waals surface area contributed by atoms with Gasteiger partial charge in [-0.25, -0.2) is 8.78 Å².